The quantitative estimate of drug-likeness (QED) is 0.796. The van der Waals surface area contributed by atoms with Crippen LogP contribution in [0.25, 0.3) is 0 Å². The molecule has 2 amide bonds. The van der Waals surface area contributed by atoms with Crippen LogP contribution >= 0.6 is 11.3 Å². The van der Waals surface area contributed by atoms with Crippen molar-refractivity contribution in [2.75, 3.05) is 5.32 Å². The van der Waals surface area contributed by atoms with Crippen molar-refractivity contribution in [3.05, 3.63) is 40.2 Å². The zero-order valence-corrected chi connectivity index (χ0v) is 13.5. The molecule has 0 bridgehead atoms. The van der Waals surface area contributed by atoms with Gasteiger partial charge in [-0.05, 0) is 43.4 Å². The second-order valence-corrected chi connectivity index (χ2v) is 6.52. The number of amides is 2. The Morgan fingerprint density at radius 2 is 2.00 bits per heavy atom. The predicted octanol–water partition coefficient (Wildman–Crippen LogP) is 0.838. The summed E-state index contributed by atoms with van der Waals surface area (Å²) in [6.07, 6.45) is 4.78. The highest BCUT2D eigenvalue weighted by atomic mass is 32.1. The lowest BCUT2D eigenvalue weighted by atomic mass is 9.95. The van der Waals surface area contributed by atoms with E-state index in [1.165, 1.54) is 17.6 Å². The molecule has 0 fully saturated rings. The van der Waals surface area contributed by atoms with Gasteiger partial charge in [-0.25, -0.2) is 0 Å². The summed E-state index contributed by atoms with van der Waals surface area (Å²) in [5, 5.41) is 16.4. The number of hydrogen-bond donors (Lipinski definition) is 2. The minimum atomic E-state index is -1.33. The highest BCUT2D eigenvalue weighted by molar-refractivity contribution is 7.17. The number of thiophene rings is 1. The summed E-state index contributed by atoms with van der Waals surface area (Å²) in [6, 6.07) is 3.34. The van der Waals surface area contributed by atoms with Gasteiger partial charge in [0.15, 0.2) is 0 Å². The van der Waals surface area contributed by atoms with Crippen LogP contribution in [0.5, 0.6) is 0 Å². The molecule has 0 aromatic carbocycles. The smallest absolute Gasteiger partial charge is 0.314 e. The summed E-state index contributed by atoms with van der Waals surface area (Å²) in [4.78, 5) is 36.2. The van der Waals surface area contributed by atoms with Crippen LogP contribution < -0.4 is 15.7 Å². The molecule has 2 aromatic heterocycles. The number of hydrogen-bond acceptors (Lipinski definition) is 6. The average Bonchev–Trinajstić information content (AvgIpc) is 3.19. The van der Waals surface area contributed by atoms with Crippen LogP contribution in [0.4, 0.5) is 5.00 Å². The van der Waals surface area contributed by atoms with E-state index < -0.39 is 17.8 Å². The number of rotatable bonds is 4. The van der Waals surface area contributed by atoms with Gasteiger partial charge in [0.05, 0.1) is 18.8 Å². The Bertz CT molecular complexity index is 779. The number of carbonyl (C=O) groups excluding carboxylic acids is 3. The monoisotopic (exact) mass is 347 g/mol. The molecule has 0 aliphatic heterocycles. The van der Waals surface area contributed by atoms with Crippen molar-refractivity contribution in [2.45, 2.75) is 32.2 Å². The fourth-order valence-electron chi connectivity index (χ4n) is 2.69. The number of fused-ring (bicyclic) bond motifs is 1. The van der Waals surface area contributed by atoms with Gasteiger partial charge in [0, 0.05) is 10.4 Å². The molecule has 2 N–H and O–H groups in total. The number of carboxylic acid groups (broad SMARTS) is 1. The first-order chi connectivity index (χ1) is 11.6. The molecular weight excluding hydrogens is 332 g/mol. The molecule has 7 nitrogen and oxygen atoms in total. The van der Waals surface area contributed by atoms with Gasteiger partial charge in [0.2, 0.25) is 0 Å². The molecule has 1 aliphatic rings. The minimum absolute atomic E-state index is 0.00174. The Kier molecular flexibility index (Phi) is 4.66. The van der Waals surface area contributed by atoms with Crippen molar-refractivity contribution in [2.24, 2.45) is 0 Å². The average molecular weight is 347 g/mol. The normalized spacial score (nSPS) is 13.2. The van der Waals surface area contributed by atoms with Gasteiger partial charge in [0.1, 0.15) is 10.8 Å². The lowest BCUT2D eigenvalue weighted by molar-refractivity contribution is -0.255. The third kappa shape index (κ3) is 3.33. The van der Waals surface area contributed by atoms with E-state index in [1.807, 2.05) is 0 Å². The SMILES string of the molecule is O=C(NCc1ccco1)C(=O)Nc1sc2c(c1C(=O)[O-])CCCC2. The Hall–Kier alpha value is -2.61. The van der Waals surface area contributed by atoms with Gasteiger partial charge in [0.25, 0.3) is 0 Å². The molecule has 24 heavy (non-hydrogen) atoms. The fraction of sp³-hybridized carbons (Fsp3) is 0.312. The minimum Gasteiger partial charge on any atom is -0.545 e. The van der Waals surface area contributed by atoms with Crippen molar-refractivity contribution < 1.29 is 23.9 Å². The number of carboxylic acids is 1. The number of carbonyl (C=O) groups is 3. The Morgan fingerprint density at radius 3 is 2.71 bits per heavy atom. The molecule has 0 spiro atoms. The zero-order valence-electron chi connectivity index (χ0n) is 12.7. The predicted molar refractivity (Wildman–Crippen MR) is 84.5 cm³/mol. The second-order valence-electron chi connectivity index (χ2n) is 5.42. The van der Waals surface area contributed by atoms with Gasteiger partial charge in [-0.15, -0.1) is 11.3 Å². The molecule has 0 saturated heterocycles. The van der Waals surface area contributed by atoms with E-state index >= 15 is 0 Å². The molecule has 3 rings (SSSR count). The lowest BCUT2D eigenvalue weighted by Gasteiger charge is -2.13. The highest BCUT2D eigenvalue weighted by Crippen LogP contribution is 2.37. The molecule has 0 unspecified atom stereocenters. The zero-order chi connectivity index (χ0) is 17.1. The van der Waals surface area contributed by atoms with E-state index in [-0.39, 0.29) is 17.1 Å². The topological polar surface area (TPSA) is 111 Å². The lowest BCUT2D eigenvalue weighted by Crippen LogP contribution is -2.35. The largest absolute Gasteiger partial charge is 0.545 e. The molecule has 0 radical (unpaired) electrons. The first kappa shape index (κ1) is 16.3. The standard InChI is InChI=1S/C16H16N2O5S/c19-13(17-8-9-4-3-7-23-9)14(20)18-15-12(16(21)22)10-5-1-2-6-11(10)24-15/h3-4,7H,1-2,5-6,8H2,(H,17,19)(H,18,20)(H,21,22)/p-1. The summed E-state index contributed by atoms with van der Waals surface area (Å²) in [5.41, 5.74) is 0.722. The van der Waals surface area contributed by atoms with Crippen LogP contribution in [0.1, 0.15) is 39.4 Å². The Balaban J connectivity index is 1.70. The summed E-state index contributed by atoms with van der Waals surface area (Å²) < 4.78 is 5.06. The number of aryl methyl sites for hydroxylation is 1. The number of aromatic carboxylic acids is 1. The summed E-state index contributed by atoms with van der Waals surface area (Å²) >= 11 is 1.20. The number of furan rings is 1. The number of nitrogens with one attached hydrogen (secondary N) is 2. The number of anilines is 1. The molecule has 1 aliphatic carbocycles. The fourth-order valence-corrected chi connectivity index (χ4v) is 3.96. The van der Waals surface area contributed by atoms with E-state index in [4.69, 9.17) is 4.42 Å². The summed E-state index contributed by atoms with van der Waals surface area (Å²) in [7, 11) is 0. The maximum Gasteiger partial charge on any atom is 0.314 e. The Labute approximate surface area is 141 Å². The third-order valence-electron chi connectivity index (χ3n) is 3.81. The molecule has 2 aromatic rings. The maximum absolute atomic E-state index is 12.0. The van der Waals surface area contributed by atoms with Crippen LogP contribution in [0, 0.1) is 0 Å². The Morgan fingerprint density at radius 1 is 1.21 bits per heavy atom. The molecule has 2 heterocycles. The second kappa shape index (κ2) is 6.88. The van der Waals surface area contributed by atoms with Crippen LogP contribution in [0.2, 0.25) is 0 Å². The summed E-state index contributed by atoms with van der Waals surface area (Å²) in [6.45, 7) is 0.0769. The summed E-state index contributed by atoms with van der Waals surface area (Å²) in [5.74, 6) is -2.59. The van der Waals surface area contributed by atoms with Crippen LogP contribution in [-0.4, -0.2) is 17.8 Å². The molecule has 0 saturated carbocycles. The van der Waals surface area contributed by atoms with Gasteiger partial charge < -0.3 is 25.0 Å². The third-order valence-corrected chi connectivity index (χ3v) is 5.02. The molecule has 126 valence electrons. The molecule has 8 heteroatoms. The van der Waals surface area contributed by atoms with Crippen molar-refractivity contribution in [1.29, 1.82) is 0 Å². The van der Waals surface area contributed by atoms with E-state index in [0.717, 1.165) is 29.7 Å². The highest BCUT2D eigenvalue weighted by Gasteiger charge is 2.24. The van der Waals surface area contributed by atoms with Crippen molar-refractivity contribution in [3.63, 3.8) is 0 Å². The van der Waals surface area contributed by atoms with Gasteiger partial charge in [-0.1, -0.05) is 0 Å². The molecular formula is C16H15N2O5S-. The van der Waals surface area contributed by atoms with Gasteiger partial charge in [-0.3, -0.25) is 9.59 Å². The van der Waals surface area contributed by atoms with Crippen LogP contribution in [0.15, 0.2) is 22.8 Å². The van der Waals surface area contributed by atoms with E-state index in [0.29, 0.717) is 12.2 Å². The van der Waals surface area contributed by atoms with E-state index in [1.54, 1.807) is 12.1 Å². The van der Waals surface area contributed by atoms with Gasteiger partial charge in [-0.2, -0.15) is 0 Å². The first-order valence-electron chi connectivity index (χ1n) is 7.53. The van der Waals surface area contributed by atoms with Gasteiger partial charge >= 0.3 is 11.8 Å². The maximum atomic E-state index is 12.0. The van der Waals surface area contributed by atoms with Crippen LogP contribution in [-0.2, 0) is 29.0 Å². The molecule has 0 atom stereocenters. The first-order valence-corrected chi connectivity index (χ1v) is 8.35. The van der Waals surface area contributed by atoms with Crippen LogP contribution in [0.3, 0.4) is 0 Å². The van der Waals surface area contributed by atoms with Crippen molar-refractivity contribution in [1.82, 2.24) is 5.32 Å². The van der Waals surface area contributed by atoms with E-state index in [9.17, 15) is 19.5 Å². The van der Waals surface area contributed by atoms with Crippen molar-refractivity contribution >= 4 is 34.1 Å². The van der Waals surface area contributed by atoms with E-state index in [2.05, 4.69) is 10.6 Å². The van der Waals surface area contributed by atoms with Crippen molar-refractivity contribution in [3.8, 4) is 0 Å².